The molecule has 0 fully saturated rings. The third-order valence-electron chi connectivity index (χ3n) is 2.36. The fourth-order valence-electron chi connectivity index (χ4n) is 1.05. The number of carbonyl (C=O) groups is 2. The maximum absolute atomic E-state index is 11.4. The van der Waals surface area contributed by atoms with Crippen LogP contribution in [-0.2, 0) is 9.59 Å². The monoisotopic (exact) mass is 251 g/mol. The molecular weight excluding hydrogens is 230 g/mol. The molecule has 0 saturated carbocycles. The van der Waals surface area contributed by atoms with E-state index in [-0.39, 0.29) is 30.1 Å². The molecule has 0 aliphatic rings. The Labute approximate surface area is 103 Å². The van der Waals surface area contributed by atoms with Gasteiger partial charge in [-0.1, -0.05) is 20.3 Å². The Morgan fingerprint density at radius 1 is 1.25 bits per heavy atom. The first-order chi connectivity index (χ1) is 6.99. The molecule has 0 saturated heterocycles. The SMILES string of the molecule is CCC(C)C(N)C(=O)NCCNC(C)=O.Cl. The summed E-state index contributed by atoms with van der Waals surface area (Å²) in [5.41, 5.74) is 5.71. The van der Waals surface area contributed by atoms with E-state index in [2.05, 4.69) is 10.6 Å². The van der Waals surface area contributed by atoms with Gasteiger partial charge in [-0.3, -0.25) is 9.59 Å². The summed E-state index contributed by atoms with van der Waals surface area (Å²) in [7, 11) is 0. The van der Waals surface area contributed by atoms with Crippen LogP contribution in [-0.4, -0.2) is 30.9 Å². The van der Waals surface area contributed by atoms with E-state index in [1.54, 1.807) is 0 Å². The van der Waals surface area contributed by atoms with Crippen molar-refractivity contribution in [3.05, 3.63) is 0 Å². The minimum absolute atomic E-state index is 0. The topological polar surface area (TPSA) is 84.2 Å². The highest BCUT2D eigenvalue weighted by molar-refractivity contribution is 5.85. The van der Waals surface area contributed by atoms with Crippen molar-refractivity contribution in [2.45, 2.75) is 33.2 Å². The molecule has 5 nitrogen and oxygen atoms in total. The first-order valence-electron chi connectivity index (χ1n) is 5.26. The van der Waals surface area contributed by atoms with Crippen LogP contribution in [0.25, 0.3) is 0 Å². The molecule has 0 aromatic rings. The van der Waals surface area contributed by atoms with Crippen LogP contribution in [0.3, 0.4) is 0 Å². The Kier molecular flexibility index (Phi) is 10.3. The highest BCUT2D eigenvalue weighted by atomic mass is 35.5. The Morgan fingerprint density at radius 2 is 1.75 bits per heavy atom. The lowest BCUT2D eigenvalue weighted by Gasteiger charge is -2.17. The molecule has 6 heteroatoms. The third kappa shape index (κ3) is 7.48. The van der Waals surface area contributed by atoms with Gasteiger partial charge in [0, 0.05) is 20.0 Å². The first kappa shape index (κ1) is 17.6. The molecule has 96 valence electrons. The van der Waals surface area contributed by atoms with E-state index in [1.165, 1.54) is 6.92 Å². The smallest absolute Gasteiger partial charge is 0.237 e. The summed E-state index contributed by atoms with van der Waals surface area (Å²) in [6.07, 6.45) is 0.875. The predicted octanol–water partition coefficient (Wildman–Crippen LogP) is 0.0339. The van der Waals surface area contributed by atoms with Gasteiger partial charge in [0.15, 0.2) is 0 Å². The second-order valence-electron chi connectivity index (χ2n) is 3.69. The van der Waals surface area contributed by atoms with E-state index in [4.69, 9.17) is 5.73 Å². The summed E-state index contributed by atoms with van der Waals surface area (Å²) in [4.78, 5) is 22.0. The van der Waals surface area contributed by atoms with Crippen LogP contribution < -0.4 is 16.4 Å². The zero-order valence-electron chi connectivity index (χ0n) is 10.1. The average Bonchev–Trinajstić information content (AvgIpc) is 2.21. The van der Waals surface area contributed by atoms with Crippen molar-refractivity contribution in [1.29, 1.82) is 0 Å². The quantitative estimate of drug-likeness (QED) is 0.583. The number of carbonyl (C=O) groups excluding carboxylic acids is 2. The lowest BCUT2D eigenvalue weighted by molar-refractivity contribution is -0.124. The fourth-order valence-corrected chi connectivity index (χ4v) is 1.05. The Hall–Kier alpha value is -0.810. The van der Waals surface area contributed by atoms with Crippen molar-refractivity contribution in [3.8, 4) is 0 Å². The van der Waals surface area contributed by atoms with Crippen LogP contribution in [0.2, 0.25) is 0 Å². The van der Waals surface area contributed by atoms with E-state index < -0.39 is 6.04 Å². The van der Waals surface area contributed by atoms with Crippen LogP contribution in [0.1, 0.15) is 27.2 Å². The zero-order chi connectivity index (χ0) is 11.8. The molecule has 0 aliphatic heterocycles. The molecule has 0 aromatic heterocycles. The molecule has 4 N–H and O–H groups in total. The summed E-state index contributed by atoms with van der Waals surface area (Å²) in [5, 5.41) is 5.26. The lowest BCUT2D eigenvalue weighted by atomic mass is 9.99. The standard InChI is InChI=1S/C10H21N3O2.ClH/c1-4-7(2)9(11)10(15)13-6-5-12-8(3)14;/h7,9H,4-6,11H2,1-3H3,(H,12,14)(H,13,15);1H. The van der Waals surface area contributed by atoms with Gasteiger partial charge in [-0.05, 0) is 5.92 Å². The van der Waals surface area contributed by atoms with Crippen LogP contribution in [0, 0.1) is 5.92 Å². The Bertz CT molecular complexity index is 224. The molecule has 2 amide bonds. The van der Waals surface area contributed by atoms with E-state index in [9.17, 15) is 9.59 Å². The molecule has 0 radical (unpaired) electrons. The maximum atomic E-state index is 11.4. The number of hydrogen-bond donors (Lipinski definition) is 3. The van der Waals surface area contributed by atoms with Crippen molar-refractivity contribution in [2.24, 2.45) is 11.7 Å². The van der Waals surface area contributed by atoms with Gasteiger partial charge in [0.2, 0.25) is 11.8 Å². The zero-order valence-corrected chi connectivity index (χ0v) is 10.9. The van der Waals surface area contributed by atoms with Gasteiger partial charge in [0.25, 0.3) is 0 Å². The molecule has 0 heterocycles. The van der Waals surface area contributed by atoms with Gasteiger partial charge in [-0.25, -0.2) is 0 Å². The van der Waals surface area contributed by atoms with Gasteiger partial charge < -0.3 is 16.4 Å². The Balaban J connectivity index is 0. The number of nitrogens with one attached hydrogen (secondary N) is 2. The van der Waals surface area contributed by atoms with Crippen molar-refractivity contribution >= 4 is 24.2 Å². The predicted molar refractivity (Wildman–Crippen MR) is 66.4 cm³/mol. The average molecular weight is 252 g/mol. The Morgan fingerprint density at radius 3 is 2.19 bits per heavy atom. The van der Waals surface area contributed by atoms with Gasteiger partial charge in [0.1, 0.15) is 0 Å². The van der Waals surface area contributed by atoms with Gasteiger partial charge >= 0.3 is 0 Å². The van der Waals surface area contributed by atoms with E-state index in [1.807, 2.05) is 13.8 Å². The number of amides is 2. The minimum atomic E-state index is -0.465. The molecule has 16 heavy (non-hydrogen) atoms. The van der Waals surface area contributed by atoms with Crippen molar-refractivity contribution in [2.75, 3.05) is 13.1 Å². The molecule has 0 bridgehead atoms. The normalized spacial score (nSPS) is 13.2. The van der Waals surface area contributed by atoms with Crippen molar-refractivity contribution < 1.29 is 9.59 Å². The molecule has 0 rings (SSSR count). The van der Waals surface area contributed by atoms with Crippen LogP contribution in [0.15, 0.2) is 0 Å². The summed E-state index contributed by atoms with van der Waals surface area (Å²) < 4.78 is 0. The van der Waals surface area contributed by atoms with Gasteiger partial charge in [-0.15, -0.1) is 12.4 Å². The summed E-state index contributed by atoms with van der Waals surface area (Å²) in [5.74, 6) is -0.0871. The summed E-state index contributed by atoms with van der Waals surface area (Å²) in [6, 6.07) is -0.465. The fraction of sp³-hybridized carbons (Fsp3) is 0.800. The molecule has 0 aliphatic carbocycles. The highest BCUT2D eigenvalue weighted by Crippen LogP contribution is 2.04. The van der Waals surface area contributed by atoms with E-state index in [0.717, 1.165) is 6.42 Å². The van der Waals surface area contributed by atoms with E-state index in [0.29, 0.717) is 13.1 Å². The van der Waals surface area contributed by atoms with Crippen LogP contribution >= 0.6 is 12.4 Å². The molecule has 0 aromatic carbocycles. The van der Waals surface area contributed by atoms with Gasteiger partial charge in [-0.2, -0.15) is 0 Å². The second-order valence-corrected chi connectivity index (χ2v) is 3.69. The van der Waals surface area contributed by atoms with Gasteiger partial charge in [0.05, 0.1) is 6.04 Å². The van der Waals surface area contributed by atoms with Crippen LogP contribution in [0.4, 0.5) is 0 Å². The van der Waals surface area contributed by atoms with Crippen molar-refractivity contribution in [3.63, 3.8) is 0 Å². The second kappa shape index (κ2) is 9.42. The first-order valence-corrected chi connectivity index (χ1v) is 5.26. The number of hydrogen-bond acceptors (Lipinski definition) is 3. The summed E-state index contributed by atoms with van der Waals surface area (Å²) >= 11 is 0. The molecule has 2 atom stereocenters. The third-order valence-corrected chi connectivity index (χ3v) is 2.36. The molecule has 2 unspecified atom stereocenters. The highest BCUT2D eigenvalue weighted by Gasteiger charge is 2.18. The number of rotatable bonds is 6. The molecule has 0 spiro atoms. The number of nitrogens with two attached hydrogens (primary N) is 1. The number of halogens is 1. The maximum Gasteiger partial charge on any atom is 0.237 e. The summed E-state index contributed by atoms with van der Waals surface area (Å²) in [6.45, 7) is 6.23. The van der Waals surface area contributed by atoms with E-state index >= 15 is 0 Å². The lowest BCUT2D eigenvalue weighted by Crippen LogP contribution is -2.46. The van der Waals surface area contributed by atoms with Crippen LogP contribution in [0.5, 0.6) is 0 Å². The largest absolute Gasteiger partial charge is 0.355 e. The minimum Gasteiger partial charge on any atom is -0.355 e. The van der Waals surface area contributed by atoms with Crippen molar-refractivity contribution in [1.82, 2.24) is 10.6 Å². The molecular formula is C10H22ClN3O2.